The summed E-state index contributed by atoms with van der Waals surface area (Å²) in [6.45, 7) is -1.87. The molecule has 142 valence electrons. The van der Waals surface area contributed by atoms with Crippen molar-refractivity contribution in [1.29, 1.82) is 0 Å². The van der Waals surface area contributed by atoms with Crippen LogP contribution in [0.25, 0.3) is 0 Å². The predicted octanol–water partition coefficient (Wildman–Crippen LogP) is 2.74. The van der Waals surface area contributed by atoms with Gasteiger partial charge in [0.25, 0.3) is 0 Å². The number of halogens is 2. The van der Waals surface area contributed by atoms with E-state index in [1.54, 1.807) is 12.1 Å². The standard InChI is InChI=1S/C19H24F2N2O3/c20-19(21)26-16-7-5-13(6-8-16)9-10-22-18(25)14-11-17(24)23(12-14)15-3-1-2-4-15/h5-8,14-15,19H,1-4,9-12H2,(H,22,25). The van der Waals surface area contributed by atoms with Crippen LogP contribution in [0.5, 0.6) is 5.75 Å². The fourth-order valence-electron chi connectivity index (χ4n) is 3.79. The largest absolute Gasteiger partial charge is 0.435 e. The molecule has 1 heterocycles. The van der Waals surface area contributed by atoms with Crippen molar-refractivity contribution in [2.24, 2.45) is 5.92 Å². The van der Waals surface area contributed by atoms with Gasteiger partial charge in [0.1, 0.15) is 5.75 Å². The first-order valence-corrected chi connectivity index (χ1v) is 9.14. The quantitative estimate of drug-likeness (QED) is 0.807. The zero-order chi connectivity index (χ0) is 18.5. The van der Waals surface area contributed by atoms with Gasteiger partial charge in [0.15, 0.2) is 0 Å². The molecule has 2 fully saturated rings. The third kappa shape index (κ3) is 4.71. The van der Waals surface area contributed by atoms with Gasteiger partial charge in [-0.25, -0.2) is 0 Å². The van der Waals surface area contributed by atoms with Crippen molar-refractivity contribution >= 4 is 11.8 Å². The lowest BCUT2D eigenvalue weighted by molar-refractivity contribution is -0.130. The van der Waals surface area contributed by atoms with Crippen LogP contribution in [-0.4, -0.2) is 42.5 Å². The minimum absolute atomic E-state index is 0.0866. The molecule has 1 unspecified atom stereocenters. The number of likely N-dealkylation sites (tertiary alicyclic amines) is 1. The number of nitrogens with one attached hydrogen (secondary N) is 1. The number of rotatable bonds is 7. The smallest absolute Gasteiger partial charge is 0.387 e. The van der Waals surface area contributed by atoms with Crippen molar-refractivity contribution in [2.75, 3.05) is 13.1 Å². The molecule has 1 saturated heterocycles. The highest BCUT2D eigenvalue weighted by molar-refractivity contribution is 5.89. The lowest BCUT2D eigenvalue weighted by Crippen LogP contribution is -2.37. The van der Waals surface area contributed by atoms with Crippen LogP contribution in [0.3, 0.4) is 0 Å². The minimum atomic E-state index is -2.84. The molecule has 7 heteroatoms. The van der Waals surface area contributed by atoms with Gasteiger partial charge in [0.05, 0.1) is 5.92 Å². The van der Waals surface area contributed by atoms with E-state index in [2.05, 4.69) is 10.1 Å². The summed E-state index contributed by atoms with van der Waals surface area (Å²) in [7, 11) is 0. The zero-order valence-electron chi connectivity index (χ0n) is 14.6. The van der Waals surface area contributed by atoms with E-state index in [1.807, 2.05) is 4.90 Å². The Morgan fingerprint density at radius 3 is 2.58 bits per heavy atom. The maximum absolute atomic E-state index is 12.3. The van der Waals surface area contributed by atoms with Gasteiger partial charge in [-0.1, -0.05) is 25.0 Å². The first-order chi connectivity index (χ1) is 12.5. The molecule has 2 aliphatic rings. The van der Waals surface area contributed by atoms with Gasteiger partial charge in [-0.15, -0.1) is 0 Å². The number of nitrogens with zero attached hydrogens (tertiary/aromatic N) is 1. The summed E-state index contributed by atoms with van der Waals surface area (Å²) < 4.78 is 28.5. The Bertz CT molecular complexity index is 630. The molecule has 3 rings (SSSR count). The molecule has 1 aromatic rings. The summed E-state index contributed by atoms with van der Waals surface area (Å²) in [5.41, 5.74) is 0.919. The second kappa shape index (κ2) is 8.47. The van der Waals surface area contributed by atoms with Crippen LogP contribution in [0.1, 0.15) is 37.7 Å². The number of ether oxygens (including phenoxy) is 1. The number of alkyl halides is 2. The molecule has 0 spiro atoms. The Hall–Kier alpha value is -2.18. The first kappa shape index (κ1) is 18.6. The van der Waals surface area contributed by atoms with Crippen LogP contribution >= 0.6 is 0 Å². The summed E-state index contributed by atoms with van der Waals surface area (Å²) in [4.78, 5) is 26.4. The molecule has 1 aliphatic carbocycles. The maximum atomic E-state index is 12.3. The van der Waals surface area contributed by atoms with Crippen LogP contribution in [0.15, 0.2) is 24.3 Å². The maximum Gasteiger partial charge on any atom is 0.387 e. The molecule has 5 nitrogen and oxygen atoms in total. The van der Waals surface area contributed by atoms with Crippen LogP contribution in [0.4, 0.5) is 8.78 Å². The molecule has 1 aliphatic heterocycles. The molecule has 1 saturated carbocycles. The third-order valence-electron chi connectivity index (χ3n) is 5.16. The van der Waals surface area contributed by atoms with E-state index in [0.29, 0.717) is 32.0 Å². The normalized spacial score (nSPS) is 20.8. The van der Waals surface area contributed by atoms with Gasteiger partial charge in [-0.2, -0.15) is 8.78 Å². The SMILES string of the molecule is O=C(NCCc1ccc(OC(F)F)cc1)C1CC(=O)N(C2CCCC2)C1. The van der Waals surface area contributed by atoms with Gasteiger partial charge >= 0.3 is 6.61 Å². The molecular weight excluding hydrogens is 342 g/mol. The van der Waals surface area contributed by atoms with Gasteiger partial charge < -0.3 is 15.0 Å². The Kier molecular flexibility index (Phi) is 6.06. The molecule has 0 aromatic heterocycles. The average molecular weight is 366 g/mol. The second-order valence-corrected chi connectivity index (χ2v) is 6.95. The van der Waals surface area contributed by atoms with Gasteiger partial charge in [0, 0.05) is 25.6 Å². The topological polar surface area (TPSA) is 58.6 Å². The van der Waals surface area contributed by atoms with Crippen molar-refractivity contribution in [3.8, 4) is 5.75 Å². The summed E-state index contributed by atoms with van der Waals surface area (Å²) in [5, 5.41) is 2.88. The number of benzene rings is 1. The predicted molar refractivity (Wildman–Crippen MR) is 91.9 cm³/mol. The molecule has 0 bridgehead atoms. The molecular formula is C19H24F2N2O3. The van der Waals surface area contributed by atoms with E-state index in [4.69, 9.17) is 0 Å². The lowest BCUT2D eigenvalue weighted by Gasteiger charge is -2.23. The van der Waals surface area contributed by atoms with Crippen LogP contribution in [-0.2, 0) is 16.0 Å². The van der Waals surface area contributed by atoms with Crippen molar-refractivity contribution in [2.45, 2.75) is 51.2 Å². The summed E-state index contributed by atoms with van der Waals surface area (Å²) in [6, 6.07) is 6.68. The fourth-order valence-corrected chi connectivity index (χ4v) is 3.79. The monoisotopic (exact) mass is 366 g/mol. The Labute approximate surface area is 151 Å². The van der Waals surface area contributed by atoms with Crippen molar-refractivity contribution in [3.05, 3.63) is 29.8 Å². The van der Waals surface area contributed by atoms with Gasteiger partial charge in [-0.3, -0.25) is 9.59 Å². The molecule has 2 amide bonds. The number of amides is 2. The number of hydrogen-bond acceptors (Lipinski definition) is 3. The van der Waals surface area contributed by atoms with Crippen LogP contribution in [0, 0.1) is 5.92 Å². The van der Waals surface area contributed by atoms with Crippen molar-refractivity contribution < 1.29 is 23.1 Å². The van der Waals surface area contributed by atoms with Crippen molar-refractivity contribution in [3.63, 3.8) is 0 Å². The molecule has 0 radical (unpaired) electrons. The van der Waals surface area contributed by atoms with E-state index >= 15 is 0 Å². The fraction of sp³-hybridized carbons (Fsp3) is 0.579. The van der Waals surface area contributed by atoms with E-state index in [9.17, 15) is 18.4 Å². The molecule has 1 atom stereocenters. The summed E-state index contributed by atoms with van der Waals surface area (Å²) in [5.74, 6) is -0.155. The second-order valence-electron chi connectivity index (χ2n) is 6.95. The molecule has 1 N–H and O–H groups in total. The van der Waals surface area contributed by atoms with E-state index in [0.717, 1.165) is 31.2 Å². The average Bonchev–Trinajstić information content (AvgIpc) is 3.25. The highest BCUT2D eigenvalue weighted by atomic mass is 19.3. The van der Waals surface area contributed by atoms with Gasteiger partial charge in [-0.05, 0) is 37.0 Å². The van der Waals surface area contributed by atoms with Crippen LogP contribution < -0.4 is 10.1 Å². The summed E-state index contributed by atoms with van der Waals surface area (Å²) >= 11 is 0. The summed E-state index contributed by atoms with van der Waals surface area (Å²) in [6.07, 6.45) is 5.30. The van der Waals surface area contributed by atoms with Crippen LogP contribution in [0.2, 0.25) is 0 Å². The highest BCUT2D eigenvalue weighted by Crippen LogP contribution is 2.29. The minimum Gasteiger partial charge on any atom is -0.435 e. The zero-order valence-corrected chi connectivity index (χ0v) is 14.6. The van der Waals surface area contributed by atoms with E-state index in [-0.39, 0.29) is 23.5 Å². The first-order valence-electron chi connectivity index (χ1n) is 9.14. The van der Waals surface area contributed by atoms with Crippen molar-refractivity contribution in [1.82, 2.24) is 10.2 Å². The number of carbonyl (C=O) groups is 2. The number of carbonyl (C=O) groups excluding carboxylic acids is 2. The Morgan fingerprint density at radius 2 is 1.92 bits per heavy atom. The molecule has 1 aromatic carbocycles. The van der Waals surface area contributed by atoms with E-state index < -0.39 is 6.61 Å². The number of hydrogen-bond donors (Lipinski definition) is 1. The lowest BCUT2D eigenvalue weighted by atomic mass is 10.1. The van der Waals surface area contributed by atoms with E-state index in [1.165, 1.54) is 12.1 Å². The molecule has 26 heavy (non-hydrogen) atoms. The van der Waals surface area contributed by atoms with Gasteiger partial charge in [0.2, 0.25) is 11.8 Å². The highest BCUT2D eigenvalue weighted by Gasteiger charge is 2.38. The Balaban J connectivity index is 1.42. The Morgan fingerprint density at radius 1 is 1.23 bits per heavy atom. The third-order valence-corrected chi connectivity index (χ3v) is 5.16.